The topological polar surface area (TPSA) is 125 Å². The van der Waals surface area contributed by atoms with E-state index in [2.05, 4.69) is 10.6 Å². The number of rotatable bonds is 7. The molecule has 0 heterocycles. The van der Waals surface area contributed by atoms with Crippen molar-refractivity contribution in [3.8, 4) is 6.07 Å². The molecule has 0 aliphatic rings. The number of sulfone groups is 1. The summed E-state index contributed by atoms with van der Waals surface area (Å²) in [6.07, 6.45) is -0.894. The normalized spacial score (nSPS) is 13.1. The van der Waals surface area contributed by atoms with Crippen molar-refractivity contribution in [2.45, 2.75) is 46.3 Å². The Labute approximate surface area is 137 Å². The molecule has 1 atom stereocenters. The quantitative estimate of drug-likeness (QED) is 0.649. The summed E-state index contributed by atoms with van der Waals surface area (Å²) in [5.74, 6) is -1.51. The average molecular weight is 347 g/mol. The van der Waals surface area contributed by atoms with Crippen molar-refractivity contribution in [1.29, 1.82) is 5.26 Å². The van der Waals surface area contributed by atoms with Crippen LogP contribution in [0, 0.1) is 17.2 Å². The summed E-state index contributed by atoms with van der Waals surface area (Å²) in [6.45, 7) is 8.13. The fourth-order valence-electron chi connectivity index (χ4n) is 1.71. The summed E-state index contributed by atoms with van der Waals surface area (Å²) < 4.78 is 29.1. The second kappa shape index (κ2) is 8.72. The van der Waals surface area contributed by atoms with Crippen molar-refractivity contribution in [2.24, 2.45) is 5.92 Å². The van der Waals surface area contributed by atoms with Crippen molar-refractivity contribution >= 4 is 21.8 Å². The molecule has 0 bridgehead atoms. The van der Waals surface area contributed by atoms with Gasteiger partial charge in [-0.2, -0.15) is 5.26 Å². The minimum absolute atomic E-state index is 0.106. The third-order valence-electron chi connectivity index (χ3n) is 2.36. The zero-order chi connectivity index (χ0) is 18.3. The first-order valence-electron chi connectivity index (χ1n) is 7.21. The largest absolute Gasteiger partial charge is 0.444 e. The second-order valence-corrected chi connectivity index (χ2v) is 8.70. The Bertz CT molecular complexity index is 558. The Kier molecular flexibility index (Phi) is 8.03. The van der Waals surface area contributed by atoms with E-state index in [9.17, 15) is 18.0 Å². The lowest BCUT2D eigenvalue weighted by molar-refractivity contribution is -0.122. The van der Waals surface area contributed by atoms with Gasteiger partial charge < -0.3 is 15.4 Å². The molecule has 2 N–H and O–H groups in total. The predicted octanol–water partition coefficient (Wildman–Crippen LogP) is 0.590. The van der Waals surface area contributed by atoms with Crippen LogP contribution in [0.3, 0.4) is 0 Å². The lowest BCUT2D eigenvalue weighted by Gasteiger charge is -2.23. The van der Waals surface area contributed by atoms with E-state index in [4.69, 9.17) is 10.00 Å². The first-order chi connectivity index (χ1) is 10.4. The maximum Gasteiger partial charge on any atom is 0.408 e. The highest BCUT2D eigenvalue weighted by molar-refractivity contribution is 7.91. The maximum atomic E-state index is 12.1. The van der Waals surface area contributed by atoms with Gasteiger partial charge in [0.1, 0.15) is 18.2 Å². The lowest BCUT2D eigenvalue weighted by atomic mass is 10.2. The number of amides is 2. The fraction of sp³-hybridized carbons (Fsp3) is 0.786. The Morgan fingerprint density at radius 3 is 2.22 bits per heavy atom. The molecule has 0 saturated carbocycles. The van der Waals surface area contributed by atoms with Crippen molar-refractivity contribution in [2.75, 3.05) is 18.1 Å². The Morgan fingerprint density at radius 1 is 1.22 bits per heavy atom. The number of carbonyl (C=O) groups is 2. The monoisotopic (exact) mass is 347 g/mol. The molecule has 8 nitrogen and oxygen atoms in total. The molecule has 9 heteroatoms. The van der Waals surface area contributed by atoms with Gasteiger partial charge in [0.2, 0.25) is 5.91 Å². The van der Waals surface area contributed by atoms with Crippen LogP contribution in [0.15, 0.2) is 0 Å². The number of nitrogens with one attached hydrogen (secondary N) is 2. The first-order valence-corrected chi connectivity index (χ1v) is 9.03. The number of ether oxygens (including phenoxy) is 1. The SMILES string of the molecule is CC(C)CS(=O)(=O)CC(NC(=O)OC(C)(C)C)C(=O)NCC#N. The number of alkyl carbamates (subject to hydrolysis) is 1. The number of nitriles is 1. The molecule has 23 heavy (non-hydrogen) atoms. The van der Waals surface area contributed by atoms with Gasteiger partial charge in [-0.05, 0) is 26.7 Å². The highest BCUT2D eigenvalue weighted by atomic mass is 32.2. The molecule has 0 aliphatic carbocycles. The van der Waals surface area contributed by atoms with Gasteiger partial charge in [-0.3, -0.25) is 4.79 Å². The van der Waals surface area contributed by atoms with Gasteiger partial charge >= 0.3 is 6.09 Å². The molecule has 0 rings (SSSR count). The van der Waals surface area contributed by atoms with E-state index in [0.717, 1.165) is 0 Å². The van der Waals surface area contributed by atoms with Crippen molar-refractivity contribution in [3.63, 3.8) is 0 Å². The third kappa shape index (κ3) is 10.5. The highest BCUT2D eigenvalue weighted by Gasteiger charge is 2.29. The molecule has 0 aromatic heterocycles. The van der Waals surface area contributed by atoms with Gasteiger partial charge in [0.05, 0.1) is 17.6 Å². The first kappa shape index (κ1) is 21.2. The van der Waals surface area contributed by atoms with E-state index in [1.54, 1.807) is 40.7 Å². The average Bonchev–Trinajstić information content (AvgIpc) is 2.30. The van der Waals surface area contributed by atoms with Crippen LogP contribution in [0.25, 0.3) is 0 Å². The van der Waals surface area contributed by atoms with E-state index in [1.807, 2.05) is 0 Å². The maximum absolute atomic E-state index is 12.1. The number of hydrogen-bond acceptors (Lipinski definition) is 6. The summed E-state index contributed by atoms with van der Waals surface area (Å²) >= 11 is 0. The summed E-state index contributed by atoms with van der Waals surface area (Å²) in [5.41, 5.74) is -0.783. The van der Waals surface area contributed by atoms with Gasteiger partial charge in [-0.15, -0.1) is 0 Å². The van der Waals surface area contributed by atoms with Crippen LogP contribution < -0.4 is 10.6 Å². The van der Waals surface area contributed by atoms with Crippen molar-refractivity contribution in [3.05, 3.63) is 0 Å². The molecule has 132 valence electrons. The zero-order valence-corrected chi connectivity index (χ0v) is 15.0. The van der Waals surface area contributed by atoms with Gasteiger partial charge in [0, 0.05) is 0 Å². The molecule has 0 aromatic carbocycles. The fourth-order valence-corrected chi connectivity index (χ4v) is 3.61. The number of nitrogens with zero attached hydrogens (tertiary/aromatic N) is 1. The summed E-state index contributed by atoms with van der Waals surface area (Å²) in [4.78, 5) is 23.8. The van der Waals surface area contributed by atoms with Gasteiger partial charge in [0.15, 0.2) is 9.84 Å². The standard InChI is InChI=1S/C14H25N3O5S/c1-10(2)8-23(20,21)9-11(12(18)16-7-6-15)17-13(19)22-14(3,4)5/h10-11H,7-9H2,1-5H3,(H,16,18)(H,17,19). The molecule has 1 unspecified atom stereocenters. The van der Waals surface area contributed by atoms with Crippen molar-refractivity contribution in [1.82, 2.24) is 10.6 Å². The molecule has 0 spiro atoms. The summed E-state index contributed by atoms with van der Waals surface area (Å²) in [5, 5.41) is 13.0. The van der Waals surface area contributed by atoms with Crippen LogP contribution in [0.5, 0.6) is 0 Å². The highest BCUT2D eigenvalue weighted by Crippen LogP contribution is 2.08. The molecule has 0 radical (unpaired) electrons. The van der Waals surface area contributed by atoms with E-state index in [1.165, 1.54) is 0 Å². The summed E-state index contributed by atoms with van der Waals surface area (Å²) in [7, 11) is -3.55. The molecule has 0 aromatic rings. The minimum atomic E-state index is -3.55. The van der Waals surface area contributed by atoms with E-state index in [0.29, 0.717) is 0 Å². The van der Waals surface area contributed by atoms with Crippen LogP contribution in [0.2, 0.25) is 0 Å². The molecule has 2 amide bonds. The van der Waals surface area contributed by atoms with E-state index >= 15 is 0 Å². The molecule has 0 fully saturated rings. The Balaban J connectivity index is 5.06. The van der Waals surface area contributed by atoms with E-state index < -0.39 is 39.2 Å². The number of carbonyl (C=O) groups excluding carboxylic acids is 2. The molecule has 0 saturated heterocycles. The number of hydrogen-bond donors (Lipinski definition) is 2. The molecular weight excluding hydrogens is 322 g/mol. The molecular formula is C14H25N3O5S. The summed E-state index contributed by atoms with van der Waals surface area (Å²) in [6, 6.07) is 0.397. The third-order valence-corrected chi connectivity index (χ3v) is 4.37. The Morgan fingerprint density at radius 2 is 1.78 bits per heavy atom. The second-order valence-electron chi connectivity index (χ2n) is 6.55. The minimum Gasteiger partial charge on any atom is -0.444 e. The van der Waals surface area contributed by atoms with Crippen LogP contribution >= 0.6 is 0 Å². The van der Waals surface area contributed by atoms with Crippen LogP contribution in [-0.2, 0) is 19.4 Å². The van der Waals surface area contributed by atoms with Gasteiger partial charge in [0.25, 0.3) is 0 Å². The smallest absolute Gasteiger partial charge is 0.408 e. The van der Waals surface area contributed by atoms with Crippen LogP contribution in [-0.4, -0.2) is 50.1 Å². The predicted molar refractivity (Wildman–Crippen MR) is 85.3 cm³/mol. The van der Waals surface area contributed by atoms with Crippen LogP contribution in [0.4, 0.5) is 4.79 Å². The van der Waals surface area contributed by atoms with Crippen molar-refractivity contribution < 1.29 is 22.7 Å². The van der Waals surface area contributed by atoms with E-state index in [-0.39, 0.29) is 18.2 Å². The zero-order valence-electron chi connectivity index (χ0n) is 14.2. The molecule has 0 aliphatic heterocycles. The van der Waals surface area contributed by atoms with Crippen LogP contribution in [0.1, 0.15) is 34.6 Å². The lowest BCUT2D eigenvalue weighted by Crippen LogP contribution is -2.51. The van der Waals surface area contributed by atoms with Gasteiger partial charge in [-0.25, -0.2) is 13.2 Å². The van der Waals surface area contributed by atoms with Gasteiger partial charge in [-0.1, -0.05) is 13.8 Å². The Hall–Kier alpha value is -1.82.